The van der Waals surface area contributed by atoms with Crippen LogP contribution < -0.4 is 4.74 Å². The van der Waals surface area contributed by atoms with E-state index in [4.69, 9.17) is 9.26 Å². The zero-order valence-corrected chi connectivity index (χ0v) is 18.9. The third-order valence-electron chi connectivity index (χ3n) is 5.86. The van der Waals surface area contributed by atoms with Crippen molar-refractivity contribution in [2.45, 2.75) is 32.2 Å². The SMILES string of the molecule is COc1ccc(-c2noc(CCCC(=O)N3CCCN(Cc4ccc(F)cc4)CC3)n2)cc1. The van der Waals surface area contributed by atoms with Crippen LogP contribution in [0.15, 0.2) is 53.1 Å². The molecule has 0 atom stereocenters. The summed E-state index contributed by atoms with van der Waals surface area (Å²) in [6.45, 7) is 3.99. The van der Waals surface area contributed by atoms with Crippen molar-refractivity contribution in [2.75, 3.05) is 33.3 Å². The number of nitrogens with zero attached hydrogens (tertiary/aromatic N) is 4. The van der Waals surface area contributed by atoms with Crippen molar-refractivity contribution in [1.82, 2.24) is 19.9 Å². The second kappa shape index (κ2) is 11.0. The first-order valence-electron chi connectivity index (χ1n) is 11.3. The van der Waals surface area contributed by atoms with Gasteiger partial charge in [0.25, 0.3) is 0 Å². The van der Waals surface area contributed by atoms with Gasteiger partial charge in [-0.2, -0.15) is 4.98 Å². The van der Waals surface area contributed by atoms with Gasteiger partial charge >= 0.3 is 0 Å². The van der Waals surface area contributed by atoms with E-state index in [1.807, 2.05) is 41.3 Å². The number of carbonyl (C=O) groups is 1. The van der Waals surface area contributed by atoms with Crippen LogP contribution in [0.1, 0.15) is 30.7 Å². The molecule has 0 bridgehead atoms. The molecule has 0 aliphatic carbocycles. The Kier molecular flexibility index (Phi) is 7.67. The Hall–Kier alpha value is -3.26. The molecule has 174 valence electrons. The highest BCUT2D eigenvalue weighted by molar-refractivity contribution is 5.76. The normalized spacial score (nSPS) is 14.8. The number of benzene rings is 2. The van der Waals surface area contributed by atoms with E-state index in [0.717, 1.165) is 49.5 Å². The highest BCUT2D eigenvalue weighted by Gasteiger charge is 2.19. The summed E-state index contributed by atoms with van der Waals surface area (Å²) in [6, 6.07) is 14.1. The van der Waals surface area contributed by atoms with Gasteiger partial charge in [-0.25, -0.2) is 4.39 Å². The topological polar surface area (TPSA) is 71.7 Å². The van der Waals surface area contributed by atoms with Gasteiger partial charge in [-0.05, 0) is 54.8 Å². The van der Waals surface area contributed by atoms with E-state index in [-0.39, 0.29) is 11.7 Å². The summed E-state index contributed by atoms with van der Waals surface area (Å²) in [5, 5.41) is 4.04. The Morgan fingerprint density at radius 2 is 1.85 bits per heavy atom. The van der Waals surface area contributed by atoms with E-state index < -0.39 is 0 Å². The Bertz CT molecular complexity index is 1040. The second-order valence-electron chi connectivity index (χ2n) is 8.23. The van der Waals surface area contributed by atoms with E-state index in [9.17, 15) is 9.18 Å². The molecule has 0 N–H and O–H groups in total. The monoisotopic (exact) mass is 452 g/mol. The number of rotatable bonds is 8. The summed E-state index contributed by atoms with van der Waals surface area (Å²) in [4.78, 5) is 21.4. The molecular formula is C25H29FN4O3. The zero-order chi connectivity index (χ0) is 23.0. The van der Waals surface area contributed by atoms with Crippen LogP contribution in [-0.2, 0) is 17.8 Å². The molecule has 0 unspecified atom stereocenters. The minimum Gasteiger partial charge on any atom is -0.497 e. The summed E-state index contributed by atoms with van der Waals surface area (Å²) in [7, 11) is 1.62. The van der Waals surface area contributed by atoms with Crippen LogP contribution in [0.3, 0.4) is 0 Å². The fraction of sp³-hybridized carbons (Fsp3) is 0.400. The zero-order valence-electron chi connectivity index (χ0n) is 18.9. The lowest BCUT2D eigenvalue weighted by Gasteiger charge is -2.22. The van der Waals surface area contributed by atoms with E-state index in [0.29, 0.717) is 37.5 Å². The van der Waals surface area contributed by atoms with Gasteiger partial charge in [0.1, 0.15) is 11.6 Å². The van der Waals surface area contributed by atoms with Crippen LogP contribution in [0.4, 0.5) is 4.39 Å². The van der Waals surface area contributed by atoms with Crippen LogP contribution in [0.5, 0.6) is 5.75 Å². The average molecular weight is 453 g/mol. The summed E-state index contributed by atoms with van der Waals surface area (Å²) >= 11 is 0. The molecule has 0 radical (unpaired) electrons. The molecule has 1 amide bonds. The molecule has 4 rings (SSSR count). The number of ether oxygens (including phenoxy) is 1. The number of hydrogen-bond donors (Lipinski definition) is 0. The highest BCUT2D eigenvalue weighted by Crippen LogP contribution is 2.20. The molecule has 1 aliphatic heterocycles. The number of methoxy groups -OCH3 is 1. The molecule has 0 saturated carbocycles. The largest absolute Gasteiger partial charge is 0.497 e. The Labute approximate surface area is 193 Å². The molecule has 1 saturated heterocycles. The number of carbonyl (C=O) groups excluding carboxylic acids is 1. The van der Waals surface area contributed by atoms with Crippen LogP contribution in [0.2, 0.25) is 0 Å². The number of hydrogen-bond acceptors (Lipinski definition) is 6. The van der Waals surface area contributed by atoms with Crippen molar-refractivity contribution in [1.29, 1.82) is 0 Å². The van der Waals surface area contributed by atoms with Gasteiger partial charge in [0.2, 0.25) is 17.6 Å². The lowest BCUT2D eigenvalue weighted by molar-refractivity contribution is -0.131. The minimum atomic E-state index is -0.219. The molecule has 1 fully saturated rings. The number of aromatic nitrogens is 2. The Morgan fingerprint density at radius 1 is 1.06 bits per heavy atom. The Morgan fingerprint density at radius 3 is 2.61 bits per heavy atom. The maximum absolute atomic E-state index is 13.1. The average Bonchev–Trinajstić information content (AvgIpc) is 3.18. The standard InChI is InChI=1S/C25H29FN4O3/c1-32-22-12-8-20(9-13-22)25-27-23(33-28-25)4-2-5-24(31)30-15-3-14-29(16-17-30)18-19-6-10-21(26)11-7-19/h6-13H,2-5,14-18H2,1H3. The van der Waals surface area contributed by atoms with Crippen molar-refractivity contribution < 1.29 is 18.4 Å². The fourth-order valence-electron chi connectivity index (χ4n) is 3.99. The molecule has 8 heteroatoms. The van der Waals surface area contributed by atoms with Gasteiger partial charge in [0.15, 0.2) is 0 Å². The van der Waals surface area contributed by atoms with Gasteiger partial charge in [0, 0.05) is 51.1 Å². The highest BCUT2D eigenvalue weighted by atomic mass is 19.1. The molecule has 33 heavy (non-hydrogen) atoms. The van der Waals surface area contributed by atoms with Crippen LogP contribution in [0.25, 0.3) is 11.4 Å². The number of halogens is 1. The molecule has 3 aromatic rings. The Balaban J connectivity index is 1.21. The van der Waals surface area contributed by atoms with Crippen molar-refractivity contribution >= 4 is 5.91 Å². The minimum absolute atomic E-state index is 0.161. The number of amides is 1. The lowest BCUT2D eigenvalue weighted by Crippen LogP contribution is -2.35. The van der Waals surface area contributed by atoms with Crippen molar-refractivity contribution in [3.8, 4) is 17.1 Å². The fourth-order valence-corrected chi connectivity index (χ4v) is 3.99. The molecular weight excluding hydrogens is 423 g/mol. The first-order valence-corrected chi connectivity index (χ1v) is 11.3. The van der Waals surface area contributed by atoms with Gasteiger partial charge in [-0.15, -0.1) is 0 Å². The summed E-state index contributed by atoms with van der Waals surface area (Å²) < 4.78 is 23.6. The van der Waals surface area contributed by atoms with Crippen LogP contribution >= 0.6 is 0 Å². The van der Waals surface area contributed by atoms with Crippen LogP contribution in [0, 0.1) is 5.82 Å². The first kappa shape index (κ1) is 22.9. The predicted molar refractivity (Wildman–Crippen MR) is 122 cm³/mol. The molecule has 1 aromatic heterocycles. The third-order valence-corrected chi connectivity index (χ3v) is 5.86. The first-order chi connectivity index (χ1) is 16.1. The summed E-state index contributed by atoms with van der Waals surface area (Å²) in [5.41, 5.74) is 1.95. The van der Waals surface area contributed by atoms with Crippen molar-refractivity contribution in [2.24, 2.45) is 0 Å². The number of aryl methyl sites for hydroxylation is 1. The van der Waals surface area contributed by atoms with E-state index >= 15 is 0 Å². The summed E-state index contributed by atoms with van der Waals surface area (Å²) in [5.74, 6) is 1.79. The molecule has 2 heterocycles. The van der Waals surface area contributed by atoms with Gasteiger partial charge < -0.3 is 14.2 Å². The quantitative estimate of drug-likeness (QED) is 0.516. The van der Waals surface area contributed by atoms with Crippen molar-refractivity contribution in [3.63, 3.8) is 0 Å². The lowest BCUT2D eigenvalue weighted by atomic mass is 10.2. The second-order valence-corrected chi connectivity index (χ2v) is 8.23. The smallest absolute Gasteiger partial charge is 0.226 e. The van der Waals surface area contributed by atoms with Crippen molar-refractivity contribution in [3.05, 3.63) is 65.8 Å². The van der Waals surface area contributed by atoms with E-state index in [2.05, 4.69) is 15.0 Å². The predicted octanol–water partition coefficient (Wildman–Crippen LogP) is 3.94. The van der Waals surface area contributed by atoms with E-state index in [1.165, 1.54) is 12.1 Å². The molecule has 7 nitrogen and oxygen atoms in total. The third kappa shape index (κ3) is 6.38. The summed E-state index contributed by atoms with van der Waals surface area (Å²) in [6.07, 6.45) is 2.62. The molecule has 2 aromatic carbocycles. The van der Waals surface area contributed by atoms with E-state index in [1.54, 1.807) is 7.11 Å². The maximum Gasteiger partial charge on any atom is 0.226 e. The molecule has 1 aliphatic rings. The molecule has 0 spiro atoms. The maximum atomic E-state index is 13.1. The van der Waals surface area contributed by atoms with Gasteiger partial charge in [-0.1, -0.05) is 17.3 Å². The van der Waals surface area contributed by atoms with Crippen LogP contribution in [-0.4, -0.2) is 59.1 Å². The van der Waals surface area contributed by atoms with Gasteiger partial charge in [0.05, 0.1) is 7.11 Å². The van der Waals surface area contributed by atoms with Gasteiger partial charge in [-0.3, -0.25) is 9.69 Å².